The molecule has 132 valence electrons. The first-order valence-corrected chi connectivity index (χ1v) is 8.65. The fraction of sp³-hybridized carbons (Fsp3) is 0.389. The topological polar surface area (TPSA) is 113 Å². The van der Waals surface area contributed by atoms with E-state index in [2.05, 4.69) is 32.4 Å². The molecular weight excluding hydrogens is 316 g/mol. The van der Waals surface area contributed by atoms with Crippen LogP contribution in [0.3, 0.4) is 0 Å². The molecule has 2 heterocycles. The van der Waals surface area contributed by atoms with E-state index in [1.54, 1.807) is 6.20 Å². The van der Waals surface area contributed by atoms with Gasteiger partial charge in [-0.2, -0.15) is 10.1 Å². The van der Waals surface area contributed by atoms with Crippen LogP contribution in [0.25, 0.3) is 22.2 Å². The Morgan fingerprint density at radius 1 is 1.24 bits per heavy atom. The summed E-state index contributed by atoms with van der Waals surface area (Å²) in [5.74, 6) is 0.947. The summed E-state index contributed by atoms with van der Waals surface area (Å²) < 4.78 is 0. The summed E-state index contributed by atoms with van der Waals surface area (Å²) in [6.45, 7) is 2.30. The molecule has 0 aliphatic rings. The summed E-state index contributed by atoms with van der Waals surface area (Å²) in [4.78, 5) is 8.74. The van der Waals surface area contributed by atoms with Gasteiger partial charge in [-0.05, 0) is 31.0 Å². The number of aliphatic hydroxyl groups excluding tert-OH is 1. The van der Waals surface area contributed by atoms with Crippen molar-refractivity contribution in [2.45, 2.75) is 38.6 Å². The molecule has 0 fully saturated rings. The molecule has 0 saturated carbocycles. The summed E-state index contributed by atoms with van der Waals surface area (Å²) in [6.07, 6.45) is 5.59. The Balaban J connectivity index is 1.94. The van der Waals surface area contributed by atoms with Crippen molar-refractivity contribution in [1.29, 1.82) is 0 Å². The van der Waals surface area contributed by atoms with E-state index < -0.39 is 0 Å². The van der Waals surface area contributed by atoms with Crippen LogP contribution in [-0.4, -0.2) is 37.9 Å². The second-order valence-corrected chi connectivity index (χ2v) is 6.13. The van der Waals surface area contributed by atoms with Crippen molar-refractivity contribution in [1.82, 2.24) is 20.2 Å². The predicted molar refractivity (Wildman–Crippen MR) is 100 cm³/mol. The Bertz CT molecular complexity index is 818. The number of nitrogens with one attached hydrogen (secondary N) is 2. The van der Waals surface area contributed by atoms with Gasteiger partial charge in [-0.15, -0.1) is 0 Å². The second-order valence-electron chi connectivity index (χ2n) is 6.13. The molecule has 3 rings (SSSR count). The van der Waals surface area contributed by atoms with Gasteiger partial charge < -0.3 is 16.2 Å². The fourth-order valence-electron chi connectivity index (χ4n) is 2.93. The molecule has 0 radical (unpaired) electrons. The van der Waals surface area contributed by atoms with Crippen LogP contribution in [0, 0.1) is 0 Å². The molecule has 1 unspecified atom stereocenters. The molecule has 1 aromatic carbocycles. The van der Waals surface area contributed by atoms with E-state index in [9.17, 15) is 5.11 Å². The molecule has 25 heavy (non-hydrogen) atoms. The molecule has 1 atom stereocenters. The van der Waals surface area contributed by atoms with E-state index in [1.165, 1.54) is 0 Å². The molecule has 7 heteroatoms. The summed E-state index contributed by atoms with van der Waals surface area (Å²) in [7, 11) is 0. The van der Waals surface area contributed by atoms with Gasteiger partial charge >= 0.3 is 0 Å². The monoisotopic (exact) mass is 340 g/mol. The maximum absolute atomic E-state index is 9.32. The van der Waals surface area contributed by atoms with E-state index in [-0.39, 0.29) is 18.6 Å². The van der Waals surface area contributed by atoms with Gasteiger partial charge in [-0.1, -0.05) is 25.8 Å². The number of H-pyrrole nitrogens is 1. The number of fused-ring (bicyclic) bond motifs is 1. The standard InChI is InChI=1S/C18H24N6O/c1-2-3-4-13(8-10-25)21-17-14-6-5-12(15-7-9-20-24-15)11-16(14)22-18(19)23-17/h5-7,9,11,13,25H,2-4,8,10H2,1H3,(H,20,24)(H3,19,21,22,23). The van der Waals surface area contributed by atoms with Crippen LogP contribution in [0.1, 0.15) is 32.6 Å². The quantitative estimate of drug-likeness (QED) is 0.501. The highest BCUT2D eigenvalue weighted by Gasteiger charge is 2.13. The number of hydrogen-bond donors (Lipinski definition) is 4. The number of aromatic nitrogens is 4. The minimum absolute atomic E-state index is 0.143. The molecule has 0 aliphatic heterocycles. The van der Waals surface area contributed by atoms with Gasteiger partial charge in [0.1, 0.15) is 5.82 Å². The number of unbranched alkanes of at least 4 members (excludes halogenated alkanes) is 1. The molecule has 0 aliphatic carbocycles. The van der Waals surface area contributed by atoms with Gasteiger partial charge in [0.15, 0.2) is 0 Å². The summed E-state index contributed by atoms with van der Waals surface area (Å²) in [6, 6.07) is 8.04. The number of aliphatic hydroxyl groups is 1. The van der Waals surface area contributed by atoms with Crippen molar-refractivity contribution in [3.8, 4) is 11.3 Å². The first kappa shape index (κ1) is 17.2. The van der Waals surface area contributed by atoms with Gasteiger partial charge in [-0.3, -0.25) is 5.10 Å². The number of hydrogen-bond acceptors (Lipinski definition) is 6. The molecule has 2 aromatic heterocycles. The third-order valence-electron chi connectivity index (χ3n) is 4.25. The van der Waals surface area contributed by atoms with Crippen LogP contribution in [0.4, 0.5) is 11.8 Å². The first-order chi connectivity index (χ1) is 12.2. The van der Waals surface area contributed by atoms with Gasteiger partial charge in [0, 0.05) is 29.8 Å². The van der Waals surface area contributed by atoms with Gasteiger partial charge in [-0.25, -0.2) is 4.98 Å². The Morgan fingerprint density at radius 2 is 2.12 bits per heavy atom. The lowest BCUT2D eigenvalue weighted by molar-refractivity contribution is 0.276. The van der Waals surface area contributed by atoms with Crippen molar-refractivity contribution < 1.29 is 5.11 Å². The third-order valence-corrected chi connectivity index (χ3v) is 4.25. The third kappa shape index (κ3) is 4.06. The van der Waals surface area contributed by atoms with Crippen molar-refractivity contribution in [2.75, 3.05) is 17.7 Å². The maximum atomic E-state index is 9.32. The highest BCUT2D eigenvalue weighted by molar-refractivity contribution is 5.92. The van der Waals surface area contributed by atoms with Crippen LogP contribution in [0.2, 0.25) is 0 Å². The largest absolute Gasteiger partial charge is 0.396 e. The molecule has 0 amide bonds. The van der Waals surface area contributed by atoms with Crippen LogP contribution in [-0.2, 0) is 0 Å². The molecular formula is C18H24N6O. The van der Waals surface area contributed by atoms with E-state index >= 15 is 0 Å². The molecule has 3 aromatic rings. The first-order valence-electron chi connectivity index (χ1n) is 8.65. The summed E-state index contributed by atoms with van der Waals surface area (Å²) in [5.41, 5.74) is 8.61. The van der Waals surface area contributed by atoms with E-state index in [0.717, 1.165) is 41.4 Å². The lowest BCUT2D eigenvalue weighted by atomic mass is 10.1. The number of nitrogens with zero attached hydrogens (tertiary/aromatic N) is 3. The molecule has 0 saturated heterocycles. The lowest BCUT2D eigenvalue weighted by Gasteiger charge is -2.19. The SMILES string of the molecule is CCCCC(CCO)Nc1nc(N)nc2cc(-c3ccn[nH]3)ccc12. The number of benzene rings is 1. The van der Waals surface area contributed by atoms with Crippen LogP contribution >= 0.6 is 0 Å². The predicted octanol–water partition coefficient (Wildman–Crippen LogP) is 2.96. The molecule has 5 N–H and O–H groups in total. The Hall–Kier alpha value is -2.67. The Kier molecular flexibility index (Phi) is 5.45. The number of aromatic amines is 1. The average molecular weight is 340 g/mol. The van der Waals surface area contributed by atoms with Crippen LogP contribution in [0.5, 0.6) is 0 Å². The number of anilines is 2. The summed E-state index contributed by atoms with van der Waals surface area (Å²) >= 11 is 0. The normalized spacial score (nSPS) is 12.4. The smallest absolute Gasteiger partial charge is 0.222 e. The highest BCUT2D eigenvalue weighted by Crippen LogP contribution is 2.27. The van der Waals surface area contributed by atoms with Crippen molar-refractivity contribution in [3.63, 3.8) is 0 Å². The fourth-order valence-corrected chi connectivity index (χ4v) is 2.93. The van der Waals surface area contributed by atoms with Crippen LogP contribution in [0.15, 0.2) is 30.5 Å². The minimum atomic E-state index is 0.143. The number of nitrogens with two attached hydrogens (primary N) is 1. The molecule has 7 nitrogen and oxygen atoms in total. The van der Waals surface area contributed by atoms with Gasteiger partial charge in [0.25, 0.3) is 0 Å². The zero-order valence-corrected chi connectivity index (χ0v) is 14.4. The zero-order chi connectivity index (χ0) is 17.6. The van der Waals surface area contributed by atoms with E-state index in [1.807, 2.05) is 24.3 Å². The molecule has 0 bridgehead atoms. The van der Waals surface area contributed by atoms with Gasteiger partial charge in [0.05, 0.1) is 11.2 Å². The van der Waals surface area contributed by atoms with Gasteiger partial charge in [0.2, 0.25) is 5.95 Å². The average Bonchev–Trinajstić information content (AvgIpc) is 3.13. The van der Waals surface area contributed by atoms with Crippen molar-refractivity contribution in [2.24, 2.45) is 0 Å². The minimum Gasteiger partial charge on any atom is -0.396 e. The lowest BCUT2D eigenvalue weighted by Crippen LogP contribution is -2.22. The van der Waals surface area contributed by atoms with E-state index in [4.69, 9.17) is 5.73 Å². The Labute approximate surface area is 146 Å². The number of rotatable bonds is 8. The van der Waals surface area contributed by atoms with Crippen LogP contribution < -0.4 is 11.1 Å². The zero-order valence-electron chi connectivity index (χ0n) is 14.4. The molecule has 0 spiro atoms. The Morgan fingerprint density at radius 3 is 2.84 bits per heavy atom. The van der Waals surface area contributed by atoms with Crippen molar-refractivity contribution >= 4 is 22.7 Å². The van der Waals surface area contributed by atoms with E-state index in [0.29, 0.717) is 12.2 Å². The maximum Gasteiger partial charge on any atom is 0.222 e. The van der Waals surface area contributed by atoms with Crippen molar-refractivity contribution in [3.05, 3.63) is 30.5 Å². The second kappa shape index (κ2) is 7.94. The highest BCUT2D eigenvalue weighted by atomic mass is 16.3. The summed E-state index contributed by atoms with van der Waals surface area (Å²) in [5, 5.41) is 20.6. The number of nitrogen functional groups attached to an aromatic ring is 1.